The highest BCUT2D eigenvalue weighted by atomic mass is 16.5. The van der Waals surface area contributed by atoms with Crippen LogP contribution in [0.15, 0.2) is 12.3 Å². The molecule has 2 aliphatic heterocycles. The van der Waals surface area contributed by atoms with E-state index in [0.29, 0.717) is 12.1 Å². The fraction of sp³-hybridized carbons (Fsp3) is 0.545. The molecule has 3 atom stereocenters. The van der Waals surface area contributed by atoms with Crippen LogP contribution in [0, 0.1) is 0 Å². The number of carboxylic acid groups (broad SMARTS) is 1. The second kappa shape index (κ2) is 3.96. The summed E-state index contributed by atoms with van der Waals surface area (Å²) in [5, 5.41) is 12.0. The predicted octanol–water partition coefficient (Wildman–Crippen LogP) is 0.907. The molecule has 3 heterocycles. The first-order valence-corrected chi connectivity index (χ1v) is 5.71. The van der Waals surface area contributed by atoms with Gasteiger partial charge < -0.3 is 15.2 Å². The molecule has 6 heteroatoms. The normalized spacial score (nSPS) is 30.5. The standard InChI is InChI=1S/C11H13N3O3/c15-10(16)7-3-4-12-11(13-7)14-8-5-6-1-2-9(8)17-6/h3-4,6,8-9H,1-2,5H2,(H,15,16)(H,12,13,14). The van der Waals surface area contributed by atoms with Crippen molar-refractivity contribution in [2.75, 3.05) is 5.32 Å². The molecule has 1 aromatic rings. The zero-order chi connectivity index (χ0) is 11.8. The summed E-state index contributed by atoms with van der Waals surface area (Å²) in [6, 6.07) is 1.59. The van der Waals surface area contributed by atoms with Crippen molar-refractivity contribution >= 4 is 11.9 Å². The third kappa shape index (κ3) is 1.95. The molecule has 6 nitrogen and oxygen atoms in total. The fourth-order valence-corrected chi connectivity index (χ4v) is 2.50. The first-order chi connectivity index (χ1) is 8.22. The monoisotopic (exact) mass is 235 g/mol. The SMILES string of the molecule is O=C(O)c1ccnc(NC2CC3CCC2O3)n1. The van der Waals surface area contributed by atoms with Gasteiger partial charge in [-0.25, -0.2) is 14.8 Å². The molecule has 0 radical (unpaired) electrons. The predicted molar refractivity (Wildman–Crippen MR) is 58.9 cm³/mol. The maximum Gasteiger partial charge on any atom is 0.354 e. The average molecular weight is 235 g/mol. The second-order valence-electron chi connectivity index (χ2n) is 4.43. The van der Waals surface area contributed by atoms with Gasteiger partial charge in [-0.3, -0.25) is 0 Å². The fourth-order valence-electron chi connectivity index (χ4n) is 2.50. The van der Waals surface area contributed by atoms with Crippen LogP contribution in [0.3, 0.4) is 0 Å². The molecule has 1 aromatic heterocycles. The molecule has 17 heavy (non-hydrogen) atoms. The molecular formula is C11H13N3O3. The molecule has 2 N–H and O–H groups in total. The summed E-state index contributed by atoms with van der Waals surface area (Å²) < 4.78 is 5.70. The van der Waals surface area contributed by atoms with E-state index in [2.05, 4.69) is 15.3 Å². The summed E-state index contributed by atoms with van der Waals surface area (Å²) in [7, 11) is 0. The molecule has 3 rings (SSSR count). The number of hydrogen-bond donors (Lipinski definition) is 2. The third-order valence-corrected chi connectivity index (χ3v) is 3.30. The van der Waals surface area contributed by atoms with E-state index in [9.17, 15) is 4.79 Å². The number of ether oxygens (including phenoxy) is 1. The maximum absolute atomic E-state index is 10.8. The third-order valence-electron chi connectivity index (χ3n) is 3.30. The number of hydrogen-bond acceptors (Lipinski definition) is 5. The summed E-state index contributed by atoms with van der Waals surface area (Å²) in [6.45, 7) is 0. The Kier molecular flexibility index (Phi) is 2.44. The van der Waals surface area contributed by atoms with Gasteiger partial charge in [0, 0.05) is 6.20 Å². The van der Waals surface area contributed by atoms with E-state index in [1.165, 1.54) is 12.3 Å². The van der Waals surface area contributed by atoms with Crippen LogP contribution in [-0.4, -0.2) is 39.3 Å². The van der Waals surface area contributed by atoms with Crippen LogP contribution in [0.2, 0.25) is 0 Å². The van der Waals surface area contributed by atoms with Crippen molar-refractivity contribution in [1.29, 1.82) is 0 Å². The van der Waals surface area contributed by atoms with Crippen LogP contribution >= 0.6 is 0 Å². The lowest BCUT2D eigenvalue weighted by atomic mass is 9.96. The highest BCUT2D eigenvalue weighted by molar-refractivity contribution is 5.85. The van der Waals surface area contributed by atoms with Crippen molar-refractivity contribution in [3.8, 4) is 0 Å². The minimum absolute atomic E-state index is 0.00609. The molecule has 2 saturated heterocycles. The van der Waals surface area contributed by atoms with E-state index < -0.39 is 5.97 Å². The summed E-state index contributed by atoms with van der Waals surface area (Å²) in [6.07, 6.45) is 5.15. The van der Waals surface area contributed by atoms with Crippen LogP contribution in [-0.2, 0) is 4.74 Å². The van der Waals surface area contributed by atoms with Gasteiger partial charge in [-0.15, -0.1) is 0 Å². The Bertz CT molecular complexity index is 451. The number of aromatic nitrogens is 2. The van der Waals surface area contributed by atoms with Crippen molar-refractivity contribution in [1.82, 2.24) is 9.97 Å². The number of anilines is 1. The van der Waals surface area contributed by atoms with Gasteiger partial charge in [0.2, 0.25) is 5.95 Å². The molecule has 0 saturated carbocycles. The minimum Gasteiger partial charge on any atom is -0.477 e. The Morgan fingerprint density at radius 3 is 3.06 bits per heavy atom. The molecule has 0 amide bonds. The van der Waals surface area contributed by atoms with E-state index in [4.69, 9.17) is 9.84 Å². The summed E-state index contributed by atoms with van der Waals surface area (Å²) in [5.74, 6) is -0.675. The molecule has 0 spiro atoms. The van der Waals surface area contributed by atoms with Gasteiger partial charge in [0.05, 0.1) is 18.2 Å². The van der Waals surface area contributed by atoms with Crippen LogP contribution in [0.1, 0.15) is 29.8 Å². The zero-order valence-electron chi connectivity index (χ0n) is 9.17. The lowest BCUT2D eigenvalue weighted by Gasteiger charge is -2.19. The largest absolute Gasteiger partial charge is 0.477 e. The van der Waals surface area contributed by atoms with Crippen molar-refractivity contribution in [2.45, 2.75) is 37.5 Å². The highest BCUT2D eigenvalue weighted by Crippen LogP contribution is 2.35. The lowest BCUT2D eigenvalue weighted by Crippen LogP contribution is -2.31. The first-order valence-electron chi connectivity index (χ1n) is 5.71. The van der Waals surface area contributed by atoms with Gasteiger partial charge in [-0.2, -0.15) is 0 Å². The second-order valence-corrected chi connectivity index (χ2v) is 4.43. The number of fused-ring (bicyclic) bond motifs is 2. The minimum atomic E-state index is -1.04. The maximum atomic E-state index is 10.8. The zero-order valence-corrected chi connectivity index (χ0v) is 9.17. The molecule has 2 bridgehead atoms. The van der Waals surface area contributed by atoms with Crippen LogP contribution in [0.5, 0.6) is 0 Å². The Morgan fingerprint density at radius 2 is 2.41 bits per heavy atom. The lowest BCUT2D eigenvalue weighted by molar-refractivity contribution is 0.0690. The number of rotatable bonds is 3. The van der Waals surface area contributed by atoms with E-state index >= 15 is 0 Å². The molecule has 0 aliphatic carbocycles. The Balaban J connectivity index is 1.73. The van der Waals surface area contributed by atoms with Crippen molar-refractivity contribution in [3.05, 3.63) is 18.0 Å². The average Bonchev–Trinajstić information content (AvgIpc) is 2.91. The van der Waals surface area contributed by atoms with Gasteiger partial charge in [0.25, 0.3) is 0 Å². The Morgan fingerprint density at radius 1 is 1.53 bits per heavy atom. The molecule has 3 unspecified atom stereocenters. The summed E-state index contributed by atoms with van der Waals surface area (Å²) in [4.78, 5) is 18.7. The van der Waals surface area contributed by atoms with Crippen LogP contribution in [0.4, 0.5) is 5.95 Å². The number of nitrogens with one attached hydrogen (secondary N) is 1. The number of carboxylic acids is 1. The summed E-state index contributed by atoms with van der Waals surface area (Å²) >= 11 is 0. The molecular weight excluding hydrogens is 222 g/mol. The number of nitrogens with zero attached hydrogens (tertiary/aromatic N) is 2. The highest BCUT2D eigenvalue weighted by Gasteiger charge is 2.41. The Labute approximate surface area is 98.0 Å². The van der Waals surface area contributed by atoms with Crippen molar-refractivity contribution < 1.29 is 14.6 Å². The molecule has 2 fully saturated rings. The van der Waals surface area contributed by atoms with Gasteiger partial charge >= 0.3 is 5.97 Å². The molecule has 90 valence electrons. The van der Waals surface area contributed by atoms with E-state index in [1.807, 2.05) is 0 Å². The molecule has 0 aromatic carbocycles. The topological polar surface area (TPSA) is 84.3 Å². The van der Waals surface area contributed by atoms with Gasteiger partial charge in [-0.05, 0) is 25.3 Å². The van der Waals surface area contributed by atoms with Gasteiger partial charge in [0.1, 0.15) is 0 Å². The van der Waals surface area contributed by atoms with E-state index in [1.54, 1.807) is 0 Å². The Hall–Kier alpha value is -1.69. The van der Waals surface area contributed by atoms with Gasteiger partial charge in [0.15, 0.2) is 5.69 Å². The first kappa shape index (κ1) is 10.5. The van der Waals surface area contributed by atoms with Gasteiger partial charge in [-0.1, -0.05) is 0 Å². The van der Waals surface area contributed by atoms with Crippen molar-refractivity contribution in [2.24, 2.45) is 0 Å². The van der Waals surface area contributed by atoms with Crippen LogP contribution in [0.25, 0.3) is 0 Å². The van der Waals surface area contributed by atoms with E-state index in [-0.39, 0.29) is 17.8 Å². The number of carbonyl (C=O) groups is 1. The van der Waals surface area contributed by atoms with E-state index in [0.717, 1.165) is 19.3 Å². The van der Waals surface area contributed by atoms with Crippen LogP contribution < -0.4 is 5.32 Å². The van der Waals surface area contributed by atoms with Crippen molar-refractivity contribution in [3.63, 3.8) is 0 Å². The molecule has 2 aliphatic rings. The quantitative estimate of drug-likeness (QED) is 0.810. The number of aromatic carboxylic acids is 1. The smallest absolute Gasteiger partial charge is 0.354 e. The summed E-state index contributed by atoms with van der Waals surface area (Å²) in [5.41, 5.74) is 0.00609.